The highest BCUT2D eigenvalue weighted by atomic mass is 16.4. The van der Waals surface area contributed by atoms with E-state index in [1.807, 2.05) is 19.9 Å². The van der Waals surface area contributed by atoms with Crippen LogP contribution in [0.25, 0.3) is 21.9 Å². The second kappa shape index (κ2) is 5.49. The van der Waals surface area contributed by atoms with Gasteiger partial charge in [0.25, 0.3) is 0 Å². The molecular formula is C18H16O6. The lowest BCUT2D eigenvalue weighted by Crippen LogP contribution is -2.04. The summed E-state index contributed by atoms with van der Waals surface area (Å²) in [5, 5.41) is 40.0. The van der Waals surface area contributed by atoms with Crippen molar-refractivity contribution in [3.8, 4) is 23.0 Å². The Balaban J connectivity index is 2.44. The lowest BCUT2D eigenvalue weighted by atomic mass is 10.0. The zero-order valence-corrected chi connectivity index (χ0v) is 13.1. The highest BCUT2D eigenvalue weighted by Crippen LogP contribution is 2.39. The van der Waals surface area contributed by atoms with E-state index in [0.29, 0.717) is 0 Å². The van der Waals surface area contributed by atoms with Gasteiger partial charge in [-0.2, -0.15) is 0 Å². The fourth-order valence-corrected chi connectivity index (χ4v) is 2.61. The molecule has 1 aromatic heterocycles. The molecule has 0 radical (unpaired) electrons. The summed E-state index contributed by atoms with van der Waals surface area (Å²) in [6, 6.07) is 3.69. The second-order valence-corrected chi connectivity index (χ2v) is 5.65. The fourth-order valence-electron chi connectivity index (χ4n) is 2.61. The van der Waals surface area contributed by atoms with Crippen molar-refractivity contribution >= 4 is 21.9 Å². The molecule has 124 valence electrons. The molecule has 0 saturated carbocycles. The molecule has 0 saturated heterocycles. The Morgan fingerprint density at radius 3 is 2.50 bits per heavy atom. The third kappa shape index (κ3) is 2.23. The molecule has 0 aliphatic heterocycles. The van der Waals surface area contributed by atoms with Crippen LogP contribution in [0.5, 0.6) is 23.0 Å². The van der Waals surface area contributed by atoms with Crippen molar-refractivity contribution in [1.82, 2.24) is 0 Å². The molecule has 4 N–H and O–H groups in total. The molecule has 0 bridgehead atoms. The summed E-state index contributed by atoms with van der Waals surface area (Å²) in [6.07, 6.45) is 2.12. The van der Waals surface area contributed by atoms with Crippen LogP contribution in [0.1, 0.15) is 19.4 Å². The summed E-state index contributed by atoms with van der Waals surface area (Å²) in [5.74, 6) is -1.57. The first-order chi connectivity index (χ1) is 11.3. The average Bonchev–Trinajstić information content (AvgIpc) is 2.54. The van der Waals surface area contributed by atoms with Gasteiger partial charge in [-0.3, -0.25) is 4.79 Å². The van der Waals surface area contributed by atoms with Crippen LogP contribution in [-0.2, 0) is 6.42 Å². The van der Waals surface area contributed by atoms with Gasteiger partial charge >= 0.3 is 0 Å². The molecule has 0 atom stereocenters. The smallest absolute Gasteiger partial charge is 0.204 e. The molecule has 0 amide bonds. The van der Waals surface area contributed by atoms with Gasteiger partial charge < -0.3 is 24.8 Å². The van der Waals surface area contributed by atoms with Crippen LogP contribution in [0.4, 0.5) is 0 Å². The molecule has 0 fully saturated rings. The predicted octanol–water partition coefficient (Wildman–Crippen LogP) is 3.28. The van der Waals surface area contributed by atoms with E-state index in [0.717, 1.165) is 5.57 Å². The van der Waals surface area contributed by atoms with E-state index in [1.165, 1.54) is 18.2 Å². The first kappa shape index (κ1) is 15.7. The van der Waals surface area contributed by atoms with E-state index in [-0.39, 0.29) is 45.4 Å². The van der Waals surface area contributed by atoms with E-state index < -0.39 is 16.9 Å². The van der Waals surface area contributed by atoms with Crippen LogP contribution in [0.3, 0.4) is 0 Å². The van der Waals surface area contributed by atoms with Crippen molar-refractivity contribution in [2.45, 2.75) is 20.3 Å². The molecule has 0 spiro atoms. The van der Waals surface area contributed by atoms with Crippen LogP contribution in [0.15, 0.2) is 39.1 Å². The highest BCUT2D eigenvalue weighted by Gasteiger charge is 2.20. The van der Waals surface area contributed by atoms with Gasteiger partial charge in [-0.15, -0.1) is 0 Å². The summed E-state index contributed by atoms with van der Waals surface area (Å²) in [7, 11) is 0. The minimum absolute atomic E-state index is 0.0208. The summed E-state index contributed by atoms with van der Waals surface area (Å²) >= 11 is 0. The number of benzene rings is 2. The van der Waals surface area contributed by atoms with Gasteiger partial charge in [0.2, 0.25) is 11.2 Å². The molecule has 2 aromatic carbocycles. The zero-order chi connectivity index (χ0) is 17.6. The molecule has 1 heterocycles. The molecular weight excluding hydrogens is 312 g/mol. The zero-order valence-electron chi connectivity index (χ0n) is 13.1. The molecule has 6 nitrogen and oxygen atoms in total. The van der Waals surface area contributed by atoms with Crippen molar-refractivity contribution in [1.29, 1.82) is 0 Å². The Bertz CT molecular complexity index is 1060. The van der Waals surface area contributed by atoms with Crippen LogP contribution in [-0.4, -0.2) is 20.4 Å². The van der Waals surface area contributed by atoms with Crippen LogP contribution < -0.4 is 5.43 Å². The molecule has 0 unspecified atom stereocenters. The van der Waals surface area contributed by atoms with E-state index in [2.05, 4.69) is 0 Å². The van der Waals surface area contributed by atoms with Crippen molar-refractivity contribution in [3.63, 3.8) is 0 Å². The summed E-state index contributed by atoms with van der Waals surface area (Å²) in [5.41, 5.74) is 0.299. The molecule has 24 heavy (non-hydrogen) atoms. The number of aromatic hydroxyl groups is 4. The molecule has 3 aromatic rings. The lowest BCUT2D eigenvalue weighted by molar-refractivity contribution is 0.401. The topological polar surface area (TPSA) is 111 Å². The first-order valence-electron chi connectivity index (χ1n) is 7.32. The quantitative estimate of drug-likeness (QED) is 0.326. The maximum Gasteiger partial charge on any atom is 0.204 e. The number of fused-ring (bicyclic) bond motifs is 2. The number of phenolic OH excluding ortho intramolecular Hbond substituents is 4. The monoisotopic (exact) mass is 328 g/mol. The third-order valence-corrected chi connectivity index (χ3v) is 4.09. The van der Waals surface area contributed by atoms with E-state index in [4.69, 9.17) is 4.42 Å². The summed E-state index contributed by atoms with van der Waals surface area (Å²) in [4.78, 5) is 12.7. The standard InChI is InChI=1S/C18H16O6/c1-3-8(2)6-10-12(20)7-13-14(16(10)22)15(21)9-4-5-11(19)17(23)18(9)24-13/h3-5,7,19-20,22-23H,6H2,1-2H3/b8-3+. The molecule has 0 aliphatic rings. The number of rotatable bonds is 2. The molecule has 6 heteroatoms. The second-order valence-electron chi connectivity index (χ2n) is 5.65. The molecule has 0 aliphatic carbocycles. The Morgan fingerprint density at radius 2 is 1.83 bits per heavy atom. The predicted molar refractivity (Wildman–Crippen MR) is 89.8 cm³/mol. The number of hydrogen-bond acceptors (Lipinski definition) is 6. The molecule has 3 rings (SSSR count). The third-order valence-electron chi connectivity index (χ3n) is 4.09. The average molecular weight is 328 g/mol. The Hall–Kier alpha value is -3.15. The summed E-state index contributed by atoms with van der Waals surface area (Å²) in [6.45, 7) is 3.67. The van der Waals surface area contributed by atoms with E-state index in [1.54, 1.807) is 0 Å². The maximum atomic E-state index is 12.7. The fraction of sp³-hybridized carbons (Fsp3) is 0.167. The van der Waals surface area contributed by atoms with Gasteiger partial charge in [-0.05, 0) is 26.0 Å². The van der Waals surface area contributed by atoms with Crippen molar-refractivity contribution in [2.75, 3.05) is 0 Å². The van der Waals surface area contributed by atoms with E-state index in [9.17, 15) is 25.2 Å². The SMILES string of the molecule is C/C=C(\C)Cc1c(O)cc2oc3c(O)c(O)ccc3c(=O)c2c1O. The van der Waals surface area contributed by atoms with Gasteiger partial charge in [0, 0.05) is 18.1 Å². The van der Waals surface area contributed by atoms with Crippen molar-refractivity contribution < 1.29 is 24.8 Å². The van der Waals surface area contributed by atoms with Gasteiger partial charge in [0.05, 0.1) is 5.39 Å². The van der Waals surface area contributed by atoms with Crippen molar-refractivity contribution in [3.05, 3.63) is 45.6 Å². The number of hydrogen-bond donors (Lipinski definition) is 4. The van der Waals surface area contributed by atoms with Gasteiger partial charge in [0.15, 0.2) is 11.3 Å². The van der Waals surface area contributed by atoms with Crippen molar-refractivity contribution in [2.24, 2.45) is 0 Å². The van der Waals surface area contributed by atoms with Crippen LogP contribution >= 0.6 is 0 Å². The Labute approximate surface area is 136 Å². The largest absolute Gasteiger partial charge is 0.507 e. The van der Waals surface area contributed by atoms with Gasteiger partial charge in [-0.25, -0.2) is 0 Å². The lowest BCUT2D eigenvalue weighted by Gasteiger charge is -2.11. The van der Waals surface area contributed by atoms with E-state index >= 15 is 0 Å². The first-order valence-corrected chi connectivity index (χ1v) is 7.32. The van der Waals surface area contributed by atoms with Gasteiger partial charge in [0.1, 0.15) is 22.5 Å². The number of allylic oxidation sites excluding steroid dienone is 2. The minimum atomic E-state index is -0.570. The summed E-state index contributed by atoms with van der Waals surface area (Å²) < 4.78 is 5.44. The Morgan fingerprint density at radius 1 is 1.12 bits per heavy atom. The van der Waals surface area contributed by atoms with Crippen LogP contribution in [0, 0.1) is 0 Å². The number of phenols is 4. The Kier molecular flexibility index (Phi) is 3.60. The highest BCUT2D eigenvalue weighted by molar-refractivity contribution is 5.97. The minimum Gasteiger partial charge on any atom is -0.507 e. The van der Waals surface area contributed by atoms with Gasteiger partial charge in [-0.1, -0.05) is 11.6 Å². The normalized spacial score (nSPS) is 12.2. The van der Waals surface area contributed by atoms with Crippen LogP contribution in [0.2, 0.25) is 0 Å². The maximum absolute atomic E-state index is 12.7.